The molecule has 1 N–H and O–H groups in total. The Morgan fingerprint density at radius 1 is 1.59 bits per heavy atom. The van der Waals surface area contributed by atoms with E-state index < -0.39 is 0 Å². The maximum absolute atomic E-state index is 5.22. The van der Waals surface area contributed by atoms with Gasteiger partial charge < -0.3 is 14.6 Å². The SMILES string of the molecule is CCN1CC(=CC=Cc2ccco2)CNC1=S. The van der Waals surface area contributed by atoms with Gasteiger partial charge in [0.1, 0.15) is 5.76 Å². The number of likely N-dealkylation sites (N-methyl/N-ethyl adjacent to an activating group) is 1. The lowest BCUT2D eigenvalue weighted by Gasteiger charge is -2.30. The third-order valence-corrected chi connectivity index (χ3v) is 3.07. The summed E-state index contributed by atoms with van der Waals surface area (Å²) >= 11 is 5.21. The van der Waals surface area contributed by atoms with E-state index in [1.807, 2.05) is 24.3 Å². The van der Waals surface area contributed by atoms with Crippen LogP contribution in [0.1, 0.15) is 12.7 Å². The van der Waals surface area contributed by atoms with Crippen molar-refractivity contribution < 1.29 is 4.42 Å². The third kappa shape index (κ3) is 3.20. The molecule has 90 valence electrons. The van der Waals surface area contributed by atoms with Crippen LogP contribution in [0.5, 0.6) is 0 Å². The summed E-state index contributed by atoms with van der Waals surface area (Å²) in [6, 6.07) is 3.81. The van der Waals surface area contributed by atoms with Crippen molar-refractivity contribution in [2.45, 2.75) is 6.92 Å². The van der Waals surface area contributed by atoms with E-state index in [1.54, 1.807) is 6.26 Å². The molecular formula is C13H16N2OS. The van der Waals surface area contributed by atoms with Gasteiger partial charge in [0.2, 0.25) is 0 Å². The van der Waals surface area contributed by atoms with Crippen LogP contribution in [-0.4, -0.2) is 29.6 Å². The number of thiocarbonyl (C=S) groups is 1. The van der Waals surface area contributed by atoms with Gasteiger partial charge in [-0.2, -0.15) is 0 Å². The minimum absolute atomic E-state index is 0.831. The van der Waals surface area contributed by atoms with Crippen LogP contribution in [0.25, 0.3) is 6.08 Å². The molecule has 3 nitrogen and oxygen atoms in total. The van der Waals surface area contributed by atoms with E-state index in [1.165, 1.54) is 5.57 Å². The second kappa shape index (κ2) is 5.68. The molecule has 1 aliphatic heterocycles. The second-order valence-corrected chi connectivity index (χ2v) is 4.26. The smallest absolute Gasteiger partial charge is 0.169 e. The first-order valence-corrected chi connectivity index (χ1v) is 6.13. The minimum atomic E-state index is 0.831. The highest BCUT2D eigenvalue weighted by atomic mass is 32.1. The highest BCUT2D eigenvalue weighted by Gasteiger charge is 2.14. The summed E-state index contributed by atoms with van der Waals surface area (Å²) in [7, 11) is 0. The Kier molecular flexibility index (Phi) is 3.98. The Morgan fingerprint density at radius 2 is 2.47 bits per heavy atom. The average Bonchev–Trinajstić information content (AvgIpc) is 2.84. The molecule has 0 saturated carbocycles. The molecule has 1 saturated heterocycles. The van der Waals surface area contributed by atoms with E-state index in [0.717, 1.165) is 30.5 Å². The maximum Gasteiger partial charge on any atom is 0.169 e. The summed E-state index contributed by atoms with van der Waals surface area (Å²) in [5.74, 6) is 0.869. The van der Waals surface area contributed by atoms with Crippen LogP contribution in [0.3, 0.4) is 0 Å². The second-order valence-electron chi connectivity index (χ2n) is 3.87. The van der Waals surface area contributed by atoms with E-state index in [0.29, 0.717) is 0 Å². The number of hydrogen-bond acceptors (Lipinski definition) is 2. The zero-order valence-electron chi connectivity index (χ0n) is 9.85. The summed E-state index contributed by atoms with van der Waals surface area (Å²) in [5, 5.41) is 4.06. The Morgan fingerprint density at radius 3 is 3.18 bits per heavy atom. The fourth-order valence-corrected chi connectivity index (χ4v) is 1.97. The fraction of sp³-hybridized carbons (Fsp3) is 0.308. The lowest BCUT2D eigenvalue weighted by Crippen LogP contribution is -2.47. The Hall–Kier alpha value is -1.55. The number of allylic oxidation sites excluding steroid dienone is 2. The summed E-state index contributed by atoms with van der Waals surface area (Å²) in [5.41, 5.74) is 1.32. The molecule has 0 spiro atoms. The highest BCUT2D eigenvalue weighted by Crippen LogP contribution is 2.07. The first-order valence-electron chi connectivity index (χ1n) is 5.72. The standard InChI is InChI=1S/C13H16N2OS/c1-2-15-10-11(9-14-13(15)17)5-3-6-12-7-4-8-16-12/h3-8H,2,9-10H2,1H3,(H,14,17). The first kappa shape index (κ1) is 11.9. The number of furan rings is 1. The van der Waals surface area contributed by atoms with Crippen molar-refractivity contribution >= 4 is 23.4 Å². The molecule has 4 heteroatoms. The third-order valence-electron chi connectivity index (χ3n) is 2.67. The van der Waals surface area contributed by atoms with E-state index in [9.17, 15) is 0 Å². The highest BCUT2D eigenvalue weighted by molar-refractivity contribution is 7.80. The van der Waals surface area contributed by atoms with Gasteiger partial charge in [-0.05, 0) is 42.9 Å². The molecule has 0 atom stereocenters. The van der Waals surface area contributed by atoms with Gasteiger partial charge in [0, 0.05) is 19.6 Å². The Bertz CT molecular complexity index is 434. The molecule has 2 rings (SSSR count). The van der Waals surface area contributed by atoms with Gasteiger partial charge in [-0.25, -0.2) is 0 Å². The number of nitrogens with one attached hydrogen (secondary N) is 1. The quantitative estimate of drug-likeness (QED) is 0.832. The monoisotopic (exact) mass is 248 g/mol. The predicted molar refractivity (Wildman–Crippen MR) is 73.7 cm³/mol. The molecule has 1 aromatic heterocycles. The van der Waals surface area contributed by atoms with Crippen LogP contribution in [0.15, 0.2) is 40.5 Å². The lowest BCUT2D eigenvalue weighted by molar-refractivity contribution is 0.443. The molecule has 2 heterocycles. The van der Waals surface area contributed by atoms with E-state index >= 15 is 0 Å². The number of hydrogen-bond donors (Lipinski definition) is 1. The molecule has 0 unspecified atom stereocenters. The summed E-state index contributed by atoms with van der Waals surface area (Å²) in [6.07, 6.45) is 7.75. The van der Waals surface area contributed by atoms with Crippen molar-refractivity contribution in [1.29, 1.82) is 0 Å². The van der Waals surface area contributed by atoms with Crippen LogP contribution in [-0.2, 0) is 0 Å². The van der Waals surface area contributed by atoms with Crippen LogP contribution in [0.4, 0.5) is 0 Å². The van der Waals surface area contributed by atoms with Gasteiger partial charge in [0.05, 0.1) is 6.26 Å². The molecule has 0 bridgehead atoms. The van der Waals surface area contributed by atoms with Crippen LogP contribution in [0, 0.1) is 0 Å². The molecule has 0 amide bonds. The van der Waals surface area contributed by atoms with E-state index in [-0.39, 0.29) is 0 Å². The number of rotatable bonds is 3. The lowest BCUT2D eigenvalue weighted by atomic mass is 10.2. The fourth-order valence-electron chi connectivity index (χ4n) is 1.71. The largest absolute Gasteiger partial charge is 0.465 e. The van der Waals surface area contributed by atoms with E-state index in [4.69, 9.17) is 16.6 Å². The molecule has 1 aliphatic rings. The zero-order chi connectivity index (χ0) is 12.1. The maximum atomic E-state index is 5.22. The topological polar surface area (TPSA) is 28.4 Å². The Labute approximate surface area is 107 Å². The number of nitrogens with zero attached hydrogens (tertiary/aromatic N) is 1. The van der Waals surface area contributed by atoms with Crippen LogP contribution in [0.2, 0.25) is 0 Å². The zero-order valence-corrected chi connectivity index (χ0v) is 10.7. The molecule has 1 aromatic rings. The Balaban J connectivity index is 1.96. The van der Waals surface area contributed by atoms with E-state index in [2.05, 4.69) is 23.2 Å². The van der Waals surface area contributed by atoms with Crippen molar-refractivity contribution in [2.75, 3.05) is 19.6 Å². The van der Waals surface area contributed by atoms with Crippen molar-refractivity contribution in [3.05, 3.63) is 41.9 Å². The predicted octanol–water partition coefficient (Wildman–Crippen LogP) is 2.43. The normalized spacial score (nSPS) is 19.0. The van der Waals surface area contributed by atoms with Gasteiger partial charge in [-0.1, -0.05) is 12.2 Å². The van der Waals surface area contributed by atoms with Gasteiger partial charge in [-0.3, -0.25) is 0 Å². The van der Waals surface area contributed by atoms with Crippen molar-refractivity contribution in [1.82, 2.24) is 10.2 Å². The molecule has 0 aromatic carbocycles. The van der Waals surface area contributed by atoms with Crippen molar-refractivity contribution in [3.63, 3.8) is 0 Å². The molecule has 17 heavy (non-hydrogen) atoms. The van der Waals surface area contributed by atoms with Gasteiger partial charge >= 0.3 is 0 Å². The van der Waals surface area contributed by atoms with Gasteiger partial charge in [0.15, 0.2) is 5.11 Å². The van der Waals surface area contributed by atoms with Gasteiger partial charge in [-0.15, -0.1) is 0 Å². The van der Waals surface area contributed by atoms with Crippen molar-refractivity contribution in [3.8, 4) is 0 Å². The molecule has 1 fully saturated rings. The van der Waals surface area contributed by atoms with Gasteiger partial charge in [0.25, 0.3) is 0 Å². The summed E-state index contributed by atoms with van der Waals surface area (Å²) < 4.78 is 5.22. The summed E-state index contributed by atoms with van der Waals surface area (Å²) in [6.45, 7) is 4.78. The molecule has 0 radical (unpaired) electrons. The average molecular weight is 248 g/mol. The van der Waals surface area contributed by atoms with Crippen molar-refractivity contribution in [2.24, 2.45) is 0 Å². The van der Waals surface area contributed by atoms with Crippen LogP contribution >= 0.6 is 12.2 Å². The first-order chi connectivity index (χ1) is 8.29. The van der Waals surface area contributed by atoms with Crippen LogP contribution < -0.4 is 5.32 Å². The molecular weight excluding hydrogens is 232 g/mol. The minimum Gasteiger partial charge on any atom is -0.465 e. The summed E-state index contributed by atoms with van der Waals surface area (Å²) in [4.78, 5) is 2.14. The molecule has 0 aliphatic carbocycles.